The highest BCUT2D eigenvalue weighted by atomic mass is 79.9. The Bertz CT molecular complexity index is 757. The first kappa shape index (κ1) is 12.3. The van der Waals surface area contributed by atoms with E-state index in [9.17, 15) is 8.78 Å². The summed E-state index contributed by atoms with van der Waals surface area (Å²) < 4.78 is 29.1. The smallest absolute Gasteiger partial charge is 0.137 e. The Morgan fingerprint density at radius 1 is 1.21 bits per heavy atom. The molecule has 0 amide bonds. The van der Waals surface area contributed by atoms with Crippen LogP contribution in [0.5, 0.6) is 0 Å². The number of hydrogen-bond acceptors (Lipinski definition) is 1. The van der Waals surface area contributed by atoms with Crippen LogP contribution in [-0.4, -0.2) is 9.38 Å². The van der Waals surface area contributed by atoms with Gasteiger partial charge in [-0.25, -0.2) is 13.8 Å². The van der Waals surface area contributed by atoms with Gasteiger partial charge < -0.3 is 4.40 Å². The summed E-state index contributed by atoms with van der Waals surface area (Å²) in [7, 11) is 0. The van der Waals surface area contributed by atoms with Crippen molar-refractivity contribution in [1.29, 1.82) is 0 Å². The van der Waals surface area contributed by atoms with Crippen LogP contribution in [0.15, 0.2) is 41.1 Å². The van der Waals surface area contributed by atoms with E-state index in [2.05, 4.69) is 20.9 Å². The van der Waals surface area contributed by atoms with Crippen molar-refractivity contribution in [1.82, 2.24) is 9.38 Å². The Hall–Kier alpha value is -1.75. The number of nitrogens with zero attached hydrogens (tertiary/aromatic N) is 2. The van der Waals surface area contributed by atoms with Crippen molar-refractivity contribution in [3.8, 4) is 11.3 Å². The Morgan fingerprint density at radius 2 is 2.00 bits per heavy atom. The van der Waals surface area contributed by atoms with Crippen LogP contribution in [0.2, 0.25) is 0 Å². The Balaban J connectivity index is 2.24. The summed E-state index contributed by atoms with van der Waals surface area (Å²) in [5, 5.41) is 0. The van der Waals surface area contributed by atoms with Crippen LogP contribution in [-0.2, 0) is 0 Å². The van der Waals surface area contributed by atoms with Gasteiger partial charge in [-0.15, -0.1) is 0 Å². The van der Waals surface area contributed by atoms with Gasteiger partial charge in [-0.05, 0) is 46.6 Å². The third-order valence-electron chi connectivity index (χ3n) is 2.88. The number of fused-ring (bicyclic) bond motifs is 1. The fourth-order valence-electron chi connectivity index (χ4n) is 1.99. The van der Waals surface area contributed by atoms with Crippen LogP contribution in [0.4, 0.5) is 8.78 Å². The van der Waals surface area contributed by atoms with Gasteiger partial charge in [-0.1, -0.05) is 0 Å². The number of hydrogen-bond donors (Lipinski definition) is 0. The second kappa shape index (κ2) is 4.42. The van der Waals surface area contributed by atoms with Crippen LogP contribution in [0.3, 0.4) is 0 Å². The van der Waals surface area contributed by atoms with Gasteiger partial charge in [0, 0.05) is 22.9 Å². The molecule has 0 unspecified atom stereocenters. The molecule has 0 aliphatic rings. The first-order valence-electron chi connectivity index (χ1n) is 5.65. The molecule has 2 aromatic heterocycles. The Morgan fingerprint density at radius 3 is 2.74 bits per heavy atom. The lowest BCUT2D eigenvalue weighted by Crippen LogP contribution is -1.88. The number of aromatic nitrogens is 2. The van der Waals surface area contributed by atoms with Crippen LogP contribution in [0.1, 0.15) is 5.56 Å². The number of aryl methyl sites for hydroxylation is 1. The average molecular weight is 323 g/mol. The molecule has 3 aromatic rings. The maximum atomic E-state index is 13.9. The second-order valence-electron chi connectivity index (χ2n) is 4.34. The molecule has 0 saturated heterocycles. The predicted molar refractivity (Wildman–Crippen MR) is 73.0 cm³/mol. The van der Waals surface area contributed by atoms with E-state index in [1.165, 1.54) is 6.07 Å². The highest BCUT2D eigenvalue weighted by molar-refractivity contribution is 9.10. The molecule has 0 spiro atoms. The monoisotopic (exact) mass is 322 g/mol. The average Bonchev–Trinajstić information content (AvgIpc) is 2.69. The van der Waals surface area contributed by atoms with Crippen molar-refractivity contribution in [2.75, 3.05) is 0 Å². The zero-order valence-corrected chi connectivity index (χ0v) is 11.6. The van der Waals surface area contributed by atoms with Gasteiger partial charge in [-0.3, -0.25) is 0 Å². The molecular weight excluding hydrogens is 314 g/mol. The molecule has 0 saturated carbocycles. The number of rotatable bonds is 1. The third kappa shape index (κ3) is 2.14. The number of imidazole rings is 1. The third-order valence-corrected chi connectivity index (χ3v) is 3.50. The minimum Gasteiger partial charge on any atom is -0.306 e. The van der Waals surface area contributed by atoms with Crippen LogP contribution in [0.25, 0.3) is 16.9 Å². The van der Waals surface area contributed by atoms with Crippen LogP contribution < -0.4 is 0 Å². The van der Waals surface area contributed by atoms with Gasteiger partial charge in [0.05, 0.1) is 11.3 Å². The van der Waals surface area contributed by atoms with Gasteiger partial charge in [0.1, 0.15) is 17.3 Å². The first-order chi connectivity index (χ1) is 9.04. The molecule has 0 N–H and O–H groups in total. The van der Waals surface area contributed by atoms with Gasteiger partial charge in [0.2, 0.25) is 0 Å². The van der Waals surface area contributed by atoms with E-state index in [0.29, 0.717) is 10.2 Å². The quantitative estimate of drug-likeness (QED) is 0.651. The molecule has 0 atom stereocenters. The molecule has 2 nitrogen and oxygen atoms in total. The van der Waals surface area contributed by atoms with Crippen molar-refractivity contribution < 1.29 is 8.78 Å². The molecule has 0 aliphatic heterocycles. The maximum Gasteiger partial charge on any atom is 0.137 e. The predicted octanol–water partition coefficient (Wildman–Crippen LogP) is 4.35. The Kier molecular flexibility index (Phi) is 2.86. The molecular formula is C14H9BrF2N2. The van der Waals surface area contributed by atoms with Gasteiger partial charge in [0.15, 0.2) is 0 Å². The van der Waals surface area contributed by atoms with E-state index in [1.807, 2.05) is 25.3 Å². The maximum absolute atomic E-state index is 13.9. The minimum absolute atomic E-state index is 0.266. The number of pyridine rings is 1. The summed E-state index contributed by atoms with van der Waals surface area (Å²) >= 11 is 3.18. The standard InChI is InChI=1S/C14H9BrF2N2/c1-8-2-3-19-7-12(18-13(19)4-8)14-10(15)5-9(16)6-11(14)17/h2-7H,1H3. The highest BCUT2D eigenvalue weighted by Crippen LogP contribution is 2.31. The van der Waals surface area contributed by atoms with E-state index in [-0.39, 0.29) is 5.56 Å². The normalized spacial score (nSPS) is 11.2. The summed E-state index contributed by atoms with van der Waals surface area (Å²) in [6, 6.07) is 5.93. The van der Waals surface area contributed by atoms with E-state index in [0.717, 1.165) is 17.3 Å². The number of benzene rings is 1. The summed E-state index contributed by atoms with van der Waals surface area (Å²) in [6.45, 7) is 1.96. The fraction of sp³-hybridized carbons (Fsp3) is 0.0714. The molecule has 3 rings (SSSR count). The zero-order chi connectivity index (χ0) is 13.6. The SMILES string of the molecule is Cc1ccn2cc(-c3c(F)cc(F)cc3Br)nc2c1. The molecule has 0 bridgehead atoms. The van der Waals surface area contributed by atoms with Crippen molar-refractivity contribution in [2.24, 2.45) is 0 Å². The van der Waals surface area contributed by atoms with Gasteiger partial charge >= 0.3 is 0 Å². The van der Waals surface area contributed by atoms with E-state index >= 15 is 0 Å². The van der Waals surface area contributed by atoms with Crippen molar-refractivity contribution in [3.63, 3.8) is 0 Å². The molecule has 0 aliphatic carbocycles. The first-order valence-corrected chi connectivity index (χ1v) is 6.44. The van der Waals surface area contributed by atoms with E-state index in [1.54, 1.807) is 10.6 Å². The lowest BCUT2D eigenvalue weighted by atomic mass is 10.1. The Labute approximate surface area is 116 Å². The molecule has 5 heteroatoms. The zero-order valence-electron chi connectivity index (χ0n) is 9.99. The molecule has 96 valence electrons. The largest absolute Gasteiger partial charge is 0.306 e. The topological polar surface area (TPSA) is 17.3 Å². The highest BCUT2D eigenvalue weighted by Gasteiger charge is 2.14. The lowest BCUT2D eigenvalue weighted by molar-refractivity contribution is 0.584. The second-order valence-corrected chi connectivity index (χ2v) is 5.19. The molecule has 1 aromatic carbocycles. The molecule has 2 heterocycles. The van der Waals surface area contributed by atoms with Crippen molar-refractivity contribution >= 4 is 21.6 Å². The van der Waals surface area contributed by atoms with Gasteiger partial charge in [-0.2, -0.15) is 0 Å². The minimum atomic E-state index is -0.632. The van der Waals surface area contributed by atoms with E-state index < -0.39 is 11.6 Å². The summed E-state index contributed by atoms with van der Waals surface area (Å²) in [5.74, 6) is -1.25. The van der Waals surface area contributed by atoms with E-state index in [4.69, 9.17) is 0 Å². The molecule has 0 fully saturated rings. The fourth-order valence-corrected chi connectivity index (χ4v) is 2.60. The summed E-state index contributed by atoms with van der Waals surface area (Å²) in [4.78, 5) is 4.37. The van der Waals surface area contributed by atoms with Crippen LogP contribution >= 0.6 is 15.9 Å². The molecule has 0 radical (unpaired) electrons. The summed E-state index contributed by atoms with van der Waals surface area (Å²) in [6.07, 6.45) is 3.58. The van der Waals surface area contributed by atoms with Crippen molar-refractivity contribution in [2.45, 2.75) is 6.92 Å². The number of halogens is 3. The van der Waals surface area contributed by atoms with Gasteiger partial charge in [0.25, 0.3) is 0 Å². The van der Waals surface area contributed by atoms with Crippen LogP contribution in [0, 0.1) is 18.6 Å². The lowest BCUT2D eigenvalue weighted by Gasteiger charge is -2.02. The summed E-state index contributed by atoms with van der Waals surface area (Å²) in [5.41, 5.74) is 2.53. The molecule has 19 heavy (non-hydrogen) atoms. The van der Waals surface area contributed by atoms with Crippen molar-refractivity contribution in [3.05, 3.63) is 58.3 Å².